The number of carbonyl (C=O) groups is 1. The molecule has 1 saturated heterocycles. The molecule has 4 nitrogen and oxygen atoms in total. The number of carbonyl (C=O) groups excluding carboxylic acids is 1. The molecule has 0 bridgehead atoms. The lowest BCUT2D eigenvalue weighted by Gasteiger charge is -2.31. The lowest BCUT2D eigenvalue weighted by molar-refractivity contribution is 0.0688. The molecular formula is C13H18ClN3O. The number of hydrogen-bond donors (Lipinski definition) is 1. The van der Waals surface area contributed by atoms with E-state index >= 15 is 0 Å². The number of amides is 1. The van der Waals surface area contributed by atoms with Gasteiger partial charge in [-0.3, -0.25) is 4.79 Å². The van der Waals surface area contributed by atoms with Gasteiger partial charge >= 0.3 is 0 Å². The van der Waals surface area contributed by atoms with E-state index in [0.29, 0.717) is 5.56 Å². The molecule has 1 aliphatic rings. The van der Waals surface area contributed by atoms with Crippen molar-refractivity contribution in [1.82, 2.24) is 9.88 Å². The lowest BCUT2D eigenvalue weighted by Crippen LogP contribution is -2.38. The molecule has 1 aromatic rings. The van der Waals surface area contributed by atoms with Gasteiger partial charge < -0.3 is 10.6 Å². The summed E-state index contributed by atoms with van der Waals surface area (Å²) in [6, 6.07) is 3.16. The van der Waals surface area contributed by atoms with Crippen LogP contribution in [0, 0.1) is 5.92 Å². The molecule has 2 N–H and O–H groups in total. The number of nitrogen functional groups attached to an aromatic ring is 1. The van der Waals surface area contributed by atoms with Gasteiger partial charge in [0.2, 0.25) is 0 Å². The van der Waals surface area contributed by atoms with Crippen molar-refractivity contribution in [1.29, 1.82) is 0 Å². The van der Waals surface area contributed by atoms with E-state index in [1.165, 1.54) is 6.42 Å². The van der Waals surface area contributed by atoms with Crippen LogP contribution >= 0.6 is 11.6 Å². The van der Waals surface area contributed by atoms with Crippen molar-refractivity contribution in [3.8, 4) is 0 Å². The molecule has 1 fully saturated rings. The standard InChI is InChI=1S/C13H18ClN3O/c1-2-9-3-5-17(6-4-9)13(18)10-7-11(14)16-12(15)8-10/h7-9H,2-6H2,1H3,(H2,15,16). The van der Waals surface area contributed by atoms with Gasteiger partial charge in [-0.25, -0.2) is 4.98 Å². The highest BCUT2D eigenvalue weighted by Gasteiger charge is 2.23. The molecule has 1 amide bonds. The first-order valence-electron chi connectivity index (χ1n) is 6.32. The highest BCUT2D eigenvalue weighted by atomic mass is 35.5. The average Bonchev–Trinajstić information content (AvgIpc) is 2.37. The van der Waals surface area contributed by atoms with Gasteiger partial charge in [-0.15, -0.1) is 0 Å². The number of anilines is 1. The van der Waals surface area contributed by atoms with Gasteiger partial charge in [0.1, 0.15) is 11.0 Å². The van der Waals surface area contributed by atoms with E-state index in [1.807, 2.05) is 4.90 Å². The summed E-state index contributed by atoms with van der Waals surface area (Å²) in [6.45, 7) is 3.83. The van der Waals surface area contributed by atoms with Gasteiger partial charge in [0, 0.05) is 18.7 Å². The molecule has 0 aromatic carbocycles. The number of hydrogen-bond acceptors (Lipinski definition) is 3. The third-order valence-electron chi connectivity index (χ3n) is 3.54. The Kier molecular flexibility index (Phi) is 4.07. The Balaban J connectivity index is 2.07. The second-order valence-corrected chi connectivity index (χ2v) is 5.13. The normalized spacial score (nSPS) is 16.9. The predicted octanol–water partition coefficient (Wildman–Crippen LogP) is 2.58. The first-order chi connectivity index (χ1) is 8.60. The minimum atomic E-state index is 0.000512. The molecule has 0 atom stereocenters. The van der Waals surface area contributed by atoms with Crippen molar-refractivity contribution in [2.75, 3.05) is 18.8 Å². The van der Waals surface area contributed by atoms with Crippen LogP contribution in [-0.2, 0) is 0 Å². The number of nitrogens with zero attached hydrogens (tertiary/aromatic N) is 2. The highest BCUT2D eigenvalue weighted by molar-refractivity contribution is 6.29. The van der Waals surface area contributed by atoms with E-state index in [4.69, 9.17) is 17.3 Å². The first-order valence-corrected chi connectivity index (χ1v) is 6.70. The van der Waals surface area contributed by atoms with Crippen molar-refractivity contribution in [3.63, 3.8) is 0 Å². The number of piperidine rings is 1. The Labute approximate surface area is 112 Å². The number of nitrogens with two attached hydrogens (primary N) is 1. The summed E-state index contributed by atoms with van der Waals surface area (Å²) in [5.74, 6) is 1.04. The van der Waals surface area contributed by atoms with Gasteiger partial charge in [0.05, 0.1) is 0 Å². The second kappa shape index (κ2) is 5.57. The lowest BCUT2D eigenvalue weighted by atomic mass is 9.94. The summed E-state index contributed by atoms with van der Waals surface area (Å²) in [6.07, 6.45) is 3.35. The highest BCUT2D eigenvalue weighted by Crippen LogP contribution is 2.22. The van der Waals surface area contributed by atoms with E-state index < -0.39 is 0 Å². The maximum Gasteiger partial charge on any atom is 0.254 e. The van der Waals surface area contributed by atoms with E-state index in [0.717, 1.165) is 31.8 Å². The van der Waals surface area contributed by atoms with Crippen LogP contribution in [0.25, 0.3) is 0 Å². The Morgan fingerprint density at radius 1 is 1.50 bits per heavy atom. The number of pyridine rings is 1. The zero-order chi connectivity index (χ0) is 13.1. The van der Waals surface area contributed by atoms with Gasteiger partial charge in [-0.05, 0) is 30.9 Å². The summed E-state index contributed by atoms with van der Waals surface area (Å²) in [5.41, 5.74) is 6.13. The quantitative estimate of drug-likeness (QED) is 0.838. The molecule has 1 aromatic heterocycles. The molecule has 98 valence electrons. The van der Waals surface area contributed by atoms with Crippen LogP contribution in [0.2, 0.25) is 5.15 Å². The Morgan fingerprint density at radius 2 is 2.17 bits per heavy atom. The molecule has 1 aliphatic heterocycles. The predicted molar refractivity (Wildman–Crippen MR) is 72.6 cm³/mol. The monoisotopic (exact) mass is 267 g/mol. The smallest absolute Gasteiger partial charge is 0.254 e. The summed E-state index contributed by atoms with van der Waals surface area (Å²) in [5, 5.41) is 0.266. The summed E-state index contributed by atoms with van der Waals surface area (Å²) >= 11 is 5.82. The molecule has 0 aliphatic carbocycles. The van der Waals surface area contributed by atoms with Gasteiger partial charge in [-0.2, -0.15) is 0 Å². The maximum absolute atomic E-state index is 12.3. The topological polar surface area (TPSA) is 59.2 Å². The second-order valence-electron chi connectivity index (χ2n) is 4.75. The molecule has 0 radical (unpaired) electrons. The molecular weight excluding hydrogens is 250 g/mol. The van der Waals surface area contributed by atoms with Crippen molar-refractivity contribution in [2.24, 2.45) is 5.92 Å². The van der Waals surface area contributed by atoms with Crippen LogP contribution in [0.4, 0.5) is 5.82 Å². The van der Waals surface area contributed by atoms with Crippen LogP contribution < -0.4 is 5.73 Å². The van der Waals surface area contributed by atoms with Crippen molar-refractivity contribution in [2.45, 2.75) is 26.2 Å². The molecule has 0 unspecified atom stereocenters. The fraction of sp³-hybridized carbons (Fsp3) is 0.538. The fourth-order valence-corrected chi connectivity index (χ4v) is 2.58. The number of rotatable bonds is 2. The third-order valence-corrected chi connectivity index (χ3v) is 3.73. The average molecular weight is 268 g/mol. The van der Waals surface area contributed by atoms with E-state index in [1.54, 1.807) is 12.1 Å². The van der Waals surface area contributed by atoms with Gasteiger partial charge in [-0.1, -0.05) is 24.9 Å². The molecule has 2 heterocycles. The molecule has 0 saturated carbocycles. The largest absolute Gasteiger partial charge is 0.384 e. The van der Waals surface area contributed by atoms with Gasteiger partial charge in [0.15, 0.2) is 0 Å². The van der Waals surface area contributed by atoms with Crippen LogP contribution in [0.15, 0.2) is 12.1 Å². The minimum absolute atomic E-state index is 0.000512. The number of aromatic nitrogens is 1. The van der Waals surface area contributed by atoms with E-state index in [9.17, 15) is 4.79 Å². The Bertz CT molecular complexity index is 422. The third kappa shape index (κ3) is 2.93. The van der Waals surface area contributed by atoms with E-state index in [2.05, 4.69) is 11.9 Å². The SMILES string of the molecule is CCC1CCN(C(=O)c2cc(N)nc(Cl)c2)CC1. The van der Waals surface area contributed by atoms with Crippen LogP contribution in [0.1, 0.15) is 36.5 Å². The maximum atomic E-state index is 12.3. The van der Waals surface area contributed by atoms with Crippen LogP contribution in [0.3, 0.4) is 0 Å². The minimum Gasteiger partial charge on any atom is -0.384 e. The molecule has 5 heteroatoms. The van der Waals surface area contributed by atoms with E-state index in [-0.39, 0.29) is 16.9 Å². The van der Waals surface area contributed by atoms with Crippen LogP contribution in [-0.4, -0.2) is 28.9 Å². The summed E-state index contributed by atoms with van der Waals surface area (Å²) in [7, 11) is 0. The summed E-state index contributed by atoms with van der Waals surface area (Å²) in [4.78, 5) is 18.0. The number of halogens is 1. The Morgan fingerprint density at radius 3 is 2.72 bits per heavy atom. The van der Waals surface area contributed by atoms with Gasteiger partial charge in [0.25, 0.3) is 5.91 Å². The first kappa shape index (κ1) is 13.1. The molecule has 0 spiro atoms. The zero-order valence-electron chi connectivity index (χ0n) is 10.5. The van der Waals surface area contributed by atoms with Crippen molar-refractivity contribution < 1.29 is 4.79 Å². The van der Waals surface area contributed by atoms with Crippen LogP contribution in [0.5, 0.6) is 0 Å². The molecule has 2 rings (SSSR count). The summed E-state index contributed by atoms with van der Waals surface area (Å²) < 4.78 is 0. The fourth-order valence-electron chi connectivity index (χ4n) is 2.37. The van der Waals surface area contributed by atoms with Crippen molar-refractivity contribution >= 4 is 23.3 Å². The van der Waals surface area contributed by atoms with Crippen molar-refractivity contribution in [3.05, 3.63) is 22.8 Å². The Hall–Kier alpha value is -1.29. The number of likely N-dealkylation sites (tertiary alicyclic amines) is 1. The molecule has 18 heavy (non-hydrogen) atoms. The zero-order valence-corrected chi connectivity index (χ0v) is 11.3.